The first-order chi connectivity index (χ1) is 11.7. The average molecular weight is 325 g/mol. The van der Waals surface area contributed by atoms with Gasteiger partial charge in [0.15, 0.2) is 0 Å². The summed E-state index contributed by atoms with van der Waals surface area (Å²) in [7, 11) is 0. The van der Waals surface area contributed by atoms with Gasteiger partial charge in [-0.15, -0.1) is 0 Å². The number of hydrogen-bond acceptors (Lipinski definition) is 3. The molecule has 2 aromatic rings. The first-order valence-electron chi connectivity index (χ1n) is 8.70. The van der Waals surface area contributed by atoms with Gasteiger partial charge in [0, 0.05) is 25.2 Å². The molecule has 5 heteroatoms. The smallest absolute Gasteiger partial charge is 0.223 e. The molecule has 3 heterocycles. The van der Waals surface area contributed by atoms with Gasteiger partial charge in [0.1, 0.15) is 5.82 Å². The number of carbonyl (C=O) groups is 1. The normalized spacial score (nSPS) is 22.5. The fourth-order valence-electron chi connectivity index (χ4n) is 3.80. The van der Waals surface area contributed by atoms with E-state index in [1.54, 1.807) is 0 Å². The van der Waals surface area contributed by atoms with Crippen LogP contribution in [0.25, 0.3) is 0 Å². The Morgan fingerprint density at radius 2 is 2.25 bits per heavy atom. The van der Waals surface area contributed by atoms with Crippen LogP contribution in [0.2, 0.25) is 0 Å². The van der Waals surface area contributed by atoms with E-state index in [1.807, 2.05) is 19.1 Å². The molecule has 0 fully saturated rings. The fourth-order valence-corrected chi connectivity index (χ4v) is 3.80. The minimum absolute atomic E-state index is 0.0713. The number of carbonyl (C=O) groups excluding carboxylic acids is 1. The number of nitrogens with one attached hydrogen (secondary N) is 1. The Balaban J connectivity index is 1.38. The van der Waals surface area contributed by atoms with Crippen LogP contribution in [-0.2, 0) is 28.9 Å². The molecule has 5 nitrogen and oxygen atoms in total. The molecule has 0 radical (unpaired) electrons. The number of aryl methyl sites for hydroxylation is 2. The van der Waals surface area contributed by atoms with Gasteiger partial charge >= 0.3 is 0 Å². The van der Waals surface area contributed by atoms with Crippen LogP contribution in [-0.4, -0.2) is 28.1 Å². The molecule has 2 unspecified atom stereocenters. The van der Waals surface area contributed by atoms with Gasteiger partial charge in [0.2, 0.25) is 5.91 Å². The third-order valence-corrected chi connectivity index (χ3v) is 4.94. The topological polar surface area (TPSA) is 56.2 Å². The summed E-state index contributed by atoms with van der Waals surface area (Å²) in [6.45, 7) is 3.51. The number of hydrogen-bond donors (Lipinski definition) is 1. The predicted molar refractivity (Wildman–Crippen MR) is 90.7 cm³/mol. The van der Waals surface area contributed by atoms with Gasteiger partial charge in [0.05, 0.1) is 24.8 Å². The number of imidazole rings is 1. The quantitative estimate of drug-likeness (QED) is 0.942. The Morgan fingerprint density at radius 3 is 3.17 bits per heavy atom. The van der Waals surface area contributed by atoms with Gasteiger partial charge in [-0.1, -0.05) is 24.3 Å². The van der Waals surface area contributed by atoms with Crippen molar-refractivity contribution < 1.29 is 9.53 Å². The zero-order valence-electron chi connectivity index (χ0n) is 14.0. The van der Waals surface area contributed by atoms with E-state index >= 15 is 0 Å². The molecule has 0 aliphatic carbocycles. The standard InChI is InChI=1S/C19H23N3O2/c1-13-11-22-12-15(6-7-18(22)20-13)21-19(23)10-17-16-5-3-2-4-14(16)8-9-24-17/h2-5,11,15,17H,6-10,12H2,1H3,(H,21,23). The third kappa shape index (κ3) is 3.08. The summed E-state index contributed by atoms with van der Waals surface area (Å²) in [5, 5.41) is 3.18. The van der Waals surface area contributed by atoms with Crippen molar-refractivity contribution in [3.8, 4) is 0 Å². The van der Waals surface area contributed by atoms with Crippen LogP contribution in [0.3, 0.4) is 0 Å². The van der Waals surface area contributed by atoms with Gasteiger partial charge < -0.3 is 14.6 Å². The van der Waals surface area contributed by atoms with E-state index in [1.165, 1.54) is 5.56 Å². The summed E-state index contributed by atoms with van der Waals surface area (Å²) in [5.74, 6) is 1.20. The van der Waals surface area contributed by atoms with Crippen LogP contribution in [0, 0.1) is 6.92 Å². The molecule has 24 heavy (non-hydrogen) atoms. The zero-order chi connectivity index (χ0) is 16.5. The molecule has 0 saturated heterocycles. The van der Waals surface area contributed by atoms with Gasteiger partial charge in [-0.2, -0.15) is 0 Å². The predicted octanol–water partition coefficient (Wildman–Crippen LogP) is 2.33. The summed E-state index contributed by atoms with van der Waals surface area (Å²) >= 11 is 0. The Morgan fingerprint density at radius 1 is 1.38 bits per heavy atom. The SMILES string of the molecule is Cc1cn2c(n1)CCC(NC(=O)CC1OCCc3ccccc31)C2. The maximum atomic E-state index is 12.5. The number of nitrogens with zero attached hydrogens (tertiary/aromatic N) is 2. The second-order valence-electron chi connectivity index (χ2n) is 6.77. The molecule has 2 atom stereocenters. The van der Waals surface area contributed by atoms with Crippen molar-refractivity contribution in [3.63, 3.8) is 0 Å². The average Bonchev–Trinajstić information content (AvgIpc) is 2.94. The maximum Gasteiger partial charge on any atom is 0.223 e. The van der Waals surface area contributed by atoms with Crippen molar-refractivity contribution in [2.45, 2.75) is 51.3 Å². The minimum Gasteiger partial charge on any atom is -0.373 e. The number of benzene rings is 1. The number of aromatic nitrogens is 2. The molecule has 2 aliphatic rings. The first-order valence-corrected chi connectivity index (χ1v) is 8.70. The number of rotatable bonds is 3. The first kappa shape index (κ1) is 15.4. The van der Waals surface area contributed by atoms with Gasteiger partial charge in [0.25, 0.3) is 0 Å². The molecule has 4 rings (SSSR count). The van der Waals surface area contributed by atoms with Crippen LogP contribution in [0.1, 0.15) is 41.6 Å². The third-order valence-electron chi connectivity index (χ3n) is 4.94. The molecule has 0 bridgehead atoms. The highest BCUT2D eigenvalue weighted by molar-refractivity contribution is 5.77. The van der Waals surface area contributed by atoms with E-state index in [4.69, 9.17) is 4.74 Å². The van der Waals surface area contributed by atoms with Crippen LogP contribution in [0.4, 0.5) is 0 Å². The molecule has 0 saturated carbocycles. The Kier molecular flexibility index (Phi) is 4.10. The van der Waals surface area contributed by atoms with Crippen LogP contribution in [0.15, 0.2) is 30.5 Å². The molecule has 1 amide bonds. The highest BCUT2D eigenvalue weighted by Crippen LogP contribution is 2.29. The van der Waals surface area contributed by atoms with Crippen molar-refractivity contribution >= 4 is 5.91 Å². The highest BCUT2D eigenvalue weighted by atomic mass is 16.5. The molecule has 0 spiro atoms. The van der Waals surface area contributed by atoms with E-state index in [0.717, 1.165) is 42.9 Å². The lowest BCUT2D eigenvalue weighted by Crippen LogP contribution is -2.41. The van der Waals surface area contributed by atoms with Crippen molar-refractivity contribution in [2.24, 2.45) is 0 Å². The molecular formula is C19H23N3O2. The maximum absolute atomic E-state index is 12.5. The van der Waals surface area contributed by atoms with Gasteiger partial charge in [-0.3, -0.25) is 4.79 Å². The Labute approximate surface area is 142 Å². The Hall–Kier alpha value is -2.14. The van der Waals surface area contributed by atoms with E-state index in [9.17, 15) is 4.79 Å². The summed E-state index contributed by atoms with van der Waals surface area (Å²) < 4.78 is 8.01. The van der Waals surface area contributed by atoms with Crippen molar-refractivity contribution in [3.05, 3.63) is 53.1 Å². The van der Waals surface area contributed by atoms with E-state index in [-0.39, 0.29) is 18.1 Å². The van der Waals surface area contributed by atoms with Crippen molar-refractivity contribution in [1.29, 1.82) is 0 Å². The molecule has 1 N–H and O–H groups in total. The lowest BCUT2D eigenvalue weighted by Gasteiger charge is -2.28. The number of fused-ring (bicyclic) bond motifs is 2. The largest absolute Gasteiger partial charge is 0.373 e. The Bertz CT molecular complexity index is 753. The van der Waals surface area contributed by atoms with E-state index in [0.29, 0.717) is 13.0 Å². The van der Waals surface area contributed by atoms with Crippen molar-refractivity contribution in [1.82, 2.24) is 14.9 Å². The fraction of sp³-hybridized carbons (Fsp3) is 0.474. The second kappa shape index (κ2) is 6.40. The molecular weight excluding hydrogens is 302 g/mol. The summed E-state index contributed by atoms with van der Waals surface area (Å²) in [6, 6.07) is 8.45. The summed E-state index contributed by atoms with van der Waals surface area (Å²) in [6.07, 6.45) is 5.13. The minimum atomic E-state index is -0.121. The van der Waals surface area contributed by atoms with E-state index in [2.05, 4.69) is 33.2 Å². The zero-order valence-corrected chi connectivity index (χ0v) is 14.0. The molecule has 126 valence electrons. The molecule has 2 aliphatic heterocycles. The lowest BCUT2D eigenvalue weighted by molar-refractivity contribution is -0.125. The van der Waals surface area contributed by atoms with Gasteiger partial charge in [-0.25, -0.2) is 4.98 Å². The molecule has 1 aromatic heterocycles. The lowest BCUT2D eigenvalue weighted by atomic mass is 9.95. The van der Waals surface area contributed by atoms with Crippen LogP contribution >= 0.6 is 0 Å². The van der Waals surface area contributed by atoms with Gasteiger partial charge in [-0.05, 0) is 30.9 Å². The number of amides is 1. The summed E-state index contributed by atoms with van der Waals surface area (Å²) in [4.78, 5) is 17.0. The van der Waals surface area contributed by atoms with E-state index < -0.39 is 0 Å². The van der Waals surface area contributed by atoms with Crippen LogP contribution < -0.4 is 5.32 Å². The van der Waals surface area contributed by atoms with Crippen molar-refractivity contribution in [2.75, 3.05) is 6.61 Å². The highest BCUT2D eigenvalue weighted by Gasteiger charge is 2.26. The second-order valence-corrected chi connectivity index (χ2v) is 6.77. The monoisotopic (exact) mass is 325 g/mol. The number of ether oxygens (including phenoxy) is 1. The van der Waals surface area contributed by atoms with Crippen LogP contribution in [0.5, 0.6) is 0 Å². The summed E-state index contributed by atoms with van der Waals surface area (Å²) in [5.41, 5.74) is 3.51. The molecule has 1 aromatic carbocycles.